The average molecular weight is 447 g/mol. The number of aldehydes is 1. The molecule has 9 heteroatoms. The molecule has 0 aliphatic rings. The maximum atomic E-state index is 12.4. The van der Waals surface area contributed by atoms with Crippen molar-refractivity contribution in [2.24, 2.45) is 5.41 Å². The van der Waals surface area contributed by atoms with Crippen molar-refractivity contribution < 1.29 is 34.2 Å². The van der Waals surface area contributed by atoms with Crippen molar-refractivity contribution in [3.8, 4) is 11.8 Å². The molecule has 0 aliphatic heterocycles. The Balaban J connectivity index is 1.77. The lowest BCUT2D eigenvalue weighted by atomic mass is 9.90. The lowest BCUT2D eigenvalue weighted by molar-refractivity contribution is -0.157. The molecule has 0 aliphatic carbocycles. The molecule has 0 spiro atoms. The van der Waals surface area contributed by atoms with Crippen LogP contribution >= 0.6 is 0 Å². The summed E-state index contributed by atoms with van der Waals surface area (Å²) in [7, 11) is 0. The summed E-state index contributed by atoms with van der Waals surface area (Å²) in [5.41, 5.74) is -0.508. The van der Waals surface area contributed by atoms with Gasteiger partial charge in [0.05, 0.1) is 11.0 Å². The van der Waals surface area contributed by atoms with E-state index in [4.69, 9.17) is 9.57 Å². The van der Waals surface area contributed by atoms with Crippen LogP contribution in [-0.2, 0) is 9.53 Å². The third-order valence-electron chi connectivity index (χ3n) is 5.07. The van der Waals surface area contributed by atoms with Crippen molar-refractivity contribution in [3.63, 3.8) is 0 Å². The van der Waals surface area contributed by atoms with Gasteiger partial charge in [-0.25, -0.2) is 4.79 Å². The summed E-state index contributed by atoms with van der Waals surface area (Å²) in [6.07, 6.45) is 1.60. The highest BCUT2D eigenvalue weighted by Gasteiger charge is 2.32. The van der Waals surface area contributed by atoms with Gasteiger partial charge in [-0.3, -0.25) is 9.59 Å². The summed E-state index contributed by atoms with van der Waals surface area (Å²) in [6, 6.07) is 8.77. The summed E-state index contributed by atoms with van der Waals surface area (Å²) < 4.78 is 6.57. The zero-order valence-electron chi connectivity index (χ0n) is 18.8. The molecule has 1 amide bonds. The van der Waals surface area contributed by atoms with Crippen LogP contribution in [0.15, 0.2) is 36.4 Å². The summed E-state index contributed by atoms with van der Waals surface area (Å²) in [6.45, 7) is 7.79. The molecule has 1 heterocycles. The van der Waals surface area contributed by atoms with E-state index in [1.165, 1.54) is 12.1 Å². The first-order valence-corrected chi connectivity index (χ1v) is 10.2. The minimum absolute atomic E-state index is 0.237. The molecule has 2 aromatic rings. The normalized spacial score (nSPS) is 11.8. The Morgan fingerprint density at radius 3 is 2.16 bits per heavy atom. The molecule has 0 radical (unpaired) electrons. The summed E-state index contributed by atoms with van der Waals surface area (Å²) in [4.78, 5) is 40.4. The van der Waals surface area contributed by atoms with Crippen molar-refractivity contribution >= 4 is 18.2 Å². The minimum atomic E-state index is -0.929. The molecule has 0 fully saturated rings. The van der Waals surface area contributed by atoms with Crippen LogP contribution in [0.5, 0.6) is 11.8 Å². The van der Waals surface area contributed by atoms with E-state index in [1.54, 1.807) is 38.1 Å². The Morgan fingerprint density at radius 1 is 1.00 bits per heavy atom. The lowest BCUT2D eigenvalue weighted by Gasteiger charge is -2.28. The van der Waals surface area contributed by atoms with Gasteiger partial charge in [0.1, 0.15) is 6.29 Å². The first kappa shape index (κ1) is 24.9. The number of aromatic hydroxyl groups is 2. The van der Waals surface area contributed by atoms with Crippen LogP contribution in [0.4, 0.5) is 0 Å². The molecular weight excluding hydrogens is 416 g/mol. The summed E-state index contributed by atoms with van der Waals surface area (Å²) in [5, 5.41) is 22.0. The van der Waals surface area contributed by atoms with Crippen molar-refractivity contribution in [2.75, 3.05) is 13.2 Å². The molecule has 9 nitrogen and oxygen atoms in total. The number of nitrogens with zero attached hydrogens (tertiary/aromatic N) is 1. The van der Waals surface area contributed by atoms with E-state index in [-0.39, 0.29) is 24.3 Å². The Labute approximate surface area is 186 Å². The number of nitrogens with one attached hydrogen (secondary N) is 1. The zero-order valence-corrected chi connectivity index (χ0v) is 18.8. The van der Waals surface area contributed by atoms with Gasteiger partial charge in [-0.15, -0.1) is 4.73 Å². The molecule has 2 rings (SSSR count). The van der Waals surface area contributed by atoms with Gasteiger partial charge in [-0.2, -0.15) is 0 Å². The molecule has 1 aromatic carbocycles. The number of carbonyl (C=O) groups excluding carboxylic acids is 3. The Bertz CT molecular complexity index is 926. The number of aromatic nitrogens is 1. The van der Waals surface area contributed by atoms with Gasteiger partial charge in [-0.1, -0.05) is 12.1 Å². The van der Waals surface area contributed by atoms with Crippen LogP contribution < -0.4 is 10.2 Å². The molecule has 3 N–H and O–H groups in total. The van der Waals surface area contributed by atoms with Crippen molar-refractivity contribution in [1.29, 1.82) is 0 Å². The molecule has 0 saturated carbocycles. The third-order valence-corrected chi connectivity index (χ3v) is 5.07. The quantitative estimate of drug-likeness (QED) is 0.453. The van der Waals surface area contributed by atoms with Crippen molar-refractivity contribution in [1.82, 2.24) is 10.0 Å². The fourth-order valence-electron chi connectivity index (χ4n) is 2.75. The molecule has 1 aromatic heterocycles. The standard InChI is InChI=1S/C23H30N2O7/c1-22(2,21(30)32-25-18(27)9-10-19(25)28)12-14-31-23(3,4)11-13-24-20(29)17-7-5-16(15-26)6-8-17/h5-10,15,27-28H,11-14H2,1-4H3,(H,24,29). The van der Waals surface area contributed by atoms with Gasteiger partial charge in [-0.05, 0) is 52.7 Å². The summed E-state index contributed by atoms with van der Waals surface area (Å²) in [5.74, 6) is -1.64. The van der Waals surface area contributed by atoms with E-state index in [0.717, 1.165) is 6.29 Å². The highest BCUT2D eigenvalue weighted by Crippen LogP contribution is 2.26. The lowest BCUT2D eigenvalue weighted by Crippen LogP contribution is -2.36. The van der Waals surface area contributed by atoms with Gasteiger partial charge in [0.2, 0.25) is 11.8 Å². The molecule has 0 bridgehead atoms. The highest BCUT2D eigenvalue weighted by molar-refractivity contribution is 5.94. The third kappa shape index (κ3) is 6.84. The average Bonchev–Trinajstić information content (AvgIpc) is 3.05. The van der Waals surface area contributed by atoms with Gasteiger partial charge >= 0.3 is 5.97 Å². The van der Waals surface area contributed by atoms with E-state index >= 15 is 0 Å². The predicted molar refractivity (Wildman–Crippen MR) is 117 cm³/mol. The van der Waals surface area contributed by atoms with E-state index in [0.29, 0.717) is 35.2 Å². The monoisotopic (exact) mass is 446 g/mol. The number of ether oxygens (including phenoxy) is 1. The molecular formula is C23H30N2O7. The molecule has 0 saturated heterocycles. The number of amides is 1. The van der Waals surface area contributed by atoms with Crippen LogP contribution in [0, 0.1) is 5.41 Å². The second kappa shape index (κ2) is 10.3. The fraction of sp³-hybridized carbons (Fsp3) is 0.435. The number of hydrogen-bond acceptors (Lipinski definition) is 7. The van der Waals surface area contributed by atoms with E-state index < -0.39 is 17.0 Å². The van der Waals surface area contributed by atoms with Crippen LogP contribution in [0.1, 0.15) is 61.3 Å². The van der Waals surface area contributed by atoms with Crippen LogP contribution in [-0.4, -0.2) is 51.9 Å². The van der Waals surface area contributed by atoms with Gasteiger partial charge in [0, 0.05) is 36.4 Å². The largest absolute Gasteiger partial charge is 0.492 e. The number of rotatable bonds is 11. The van der Waals surface area contributed by atoms with E-state index in [1.807, 2.05) is 13.8 Å². The second-order valence-electron chi connectivity index (χ2n) is 8.71. The highest BCUT2D eigenvalue weighted by atomic mass is 16.7. The second-order valence-corrected chi connectivity index (χ2v) is 8.71. The SMILES string of the molecule is CC(C)(CCNC(=O)c1ccc(C=O)cc1)OCCC(C)(C)C(=O)On1c(O)ccc1O. The maximum absolute atomic E-state index is 12.4. The Kier molecular flexibility index (Phi) is 8.04. The number of benzene rings is 1. The van der Waals surface area contributed by atoms with Crippen LogP contribution in [0.25, 0.3) is 0 Å². The molecule has 0 atom stereocenters. The minimum Gasteiger partial charge on any atom is -0.492 e. The van der Waals surface area contributed by atoms with Crippen LogP contribution in [0.3, 0.4) is 0 Å². The smallest absolute Gasteiger partial charge is 0.338 e. The van der Waals surface area contributed by atoms with E-state index in [9.17, 15) is 24.6 Å². The van der Waals surface area contributed by atoms with Gasteiger partial charge < -0.3 is 25.1 Å². The molecule has 32 heavy (non-hydrogen) atoms. The molecule has 174 valence electrons. The first-order valence-electron chi connectivity index (χ1n) is 10.2. The predicted octanol–water partition coefficient (Wildman–Crippen LogP) is 2.70. The maximum Gasteiger partial charge on any atom is 0.338 e. The summed E-state index contributed by atoms with van der Waals surface area (Å²) >= 11 is 0. The van der Waals surface area contributed by atoms with Crippen molar-refractivity contribution in [2.45, 2.75) is 46.1 Å². The van der Waals surface area contributed by atoms with Crippen LogP contribution in [0.2, 0.25) is 0 Å². The molecule has 0 unspecified atom stereocenters. The zero-order chi connectivity index (χ0) is 23.9. The Hall–Kier alpha value is -3.33. The first-order chi connectivity index (χ1) is 14.9. The topological polar surface area (TPSA) is 127 Å². The van der Waals surface area contributed by atoms with Gasteiger partial charge in [0.15, 0.2) is 0 Å². The van der Waals surface area contributed by atoms with E-state index in [2.05, 4.69) is 5.32 Å². The van der Waals surface area contributed by atoms with Crippen molar-refractivity contribution in [3.05, 3.63) is 47.5 Å². The number of hydrogen-bond donors (Lipinski definition) is 3. The fourth-order valence-corrected chi connectivity index (χ4v) is 2.75. The Morgan fingerprint density at radius 2 is 1.59 bits per heavy atom. The van der Waals surface area contributed by atoms with Gasteiger partial charge in [0.25, 0.3) is 5.91 Å². The number of carbonyl (C=O) groups is 3.